The molecule has 1 unspecified atom stereocenters. The molecule has 0 heterocycles. The number of rotatable bonds is 5. The third kappa shape index (κ3) is 6.43. The Hall–Kier alpha value is 0.0300. The van der Waals surface area contributed by atoms with Crippen LogP contribution in [-0.2, 0) is 9.09 Å². The van der Waals surface area contributed by atoms with Crippen LogP contribution in [0.5, 0.6) is 0 Å². The van der Waals surface area contributed by atoms with Gasteiger partial charge in [-0.15, -0.1) is 0 Å². The molecule has 7 heteroatoms. The molecule has 0 aromatic carbocycles. The predicted molar refractivity (Wildman–Crippen MR) is 35.7 cm³/mol. The van der Waals surface area contributed by atoms with E-state index in [0.29, 0.717) is 0 Å². The minimum absolute atomic E-state index is 0.00160. The summed E-state index contributed by atoms with van der Waals surface area (Å²) >= 11 is 0. The van der Waals surface area contributed by atoms with Crippen LogP contribution < -0.4 is 0 Å². The summed E-state index contributed by atoms with van der Waals surface area (Å²) < 4.78 is 14.2. The molecule has 4 N–H and O–H groups in total. The van der Waals surface area contributed by atoms with E-state index in [1.807, 2.05) is 0 Å². The summed E-state index contributed by atoms with van der Waals surface area (Å²) in [6, 6.07) is 0. The van der Waals surface area contributed by atoms with E-state index in [0.717, 1.165) is 0 Å². The lowest BCUT2D eigenvalue weighted by Gasteiger charge is -2.13. The SMILES string of the molecule is O=P(O)(O)OC(CO)CCO. The first-order valence-electron chi connectivity index (χ1n) is 2.95. The lowest BCUT2D eigenvalue weighted by Crippen LogP contribution is -2.17. The summed E-state index contributed by atoms with van der Waals surface area (Å²) in [5.74, 6) is 0. The van der Waals surface area contributed by atoms with E-state index in [1.165, 1.54) is 0 Å². The third-order valence-electron chi connectivity index (χ3n) is 0.941. The summed E-state index contributed by atoms with van der Waals surface area (Å²) in [6.45, 7) is -0.809. The Balaban J connectivity index is 3.78. The summed E-state index contributed by atoms with van der Waals surface area (Å²) in [5, 5.41) is 16.8. The number of phosphoric acid groups is 1. The number of hydrogen-bond acceptors (Lipinski definition) is 4. The topological polar surface area (TPSA) is 107 Å². The largest absolute Gasteiger partial charge is 0.469 e. The molecule has 11 heavy (non-hydrogen) atoms. The Labute approximate surface area is 63.7 Å². The van der Waals surface area contributed by atoms with Gasteiger partial charge >= 0.3 is 7.82 Å². The zero-order valence-corrected chi connectivity index (χ0v) is 6.65. The Morgan fingerprint density at radius 1 is 1.36 bits per heavy atom. The first-order chi connectivity index (χ1) is 4.99. The molecule has 0 bridgehead atoms. The molecule has 6 nitrogen and oxygen atoms in total. The van der Waals surface area contributed by atoms with Crippen LogP contribution in [0, 0.1) is 0 Å². The summed E-state index contributed by atoms with van der Waals surface area (Å²) in [7, 11) is -4.54. The molecule has 0 aromatic heterocycles. The first kappa shape index (κ1) is 11.0. The molecule has 0 aliphatic rings. The van der Waals surface area contributed by atoms with Crippen molar-refractivity contribution in [3.8, 4) is 0 Å². The molecule has 0 radical (unpaired) electrons. The van der Waals surface area contributed by atoms with E-state index in [-0.39, 0.29) is 13.0 Å². The molecule has 0 amide bonds. The van der Waals surface area contributed by atoms with E-state index >= 15 is 0 Å². The number of aliphatic hydroxyl groups is 2. The molecular weight excluding hydrogens is 175 g/mol. The number of aliphatic hydroxyl groups excluding tert-OH is 2. The van der Waals surface area contributed by atoms with Gasteiger partial charge in [-0.1, -0.05) is 0 Å². The van der Waals surface area contributed by atoms with Crippen molar-refractivity contribution in [1.82, 2.24) is 0 Å². The highest BCUT2D eigenvalue weighted by Gasteiger charge is 2.20. The highest BCUT2D eigenvalue weighted by atomic mass is 31.2. The summed E-state index contributed by atoms with van der Waals surface area (Å²) in [6.07, 6.45) is -0.998. The molecule has 0 aliphatic heterocycles. The smallest absolute Gasteiger partial charge is 0.396 e. The fourth-order valence-electron chi connectivity index (χ4n) is 0.516. The van der Waals surface area contributed by atoms with Crippen molar-refractivity contribution < 1.29 is 29.1 Å². The second kappa shape index (κ2) is 4.82. The van der Waals surface area contributed by atoms with Gasteiger partial charge < -0.3 is 20.0 Å². The van der Waals surface area contributed by atoms with E-state index in [9.17, 15) is 4.57 Å². The van der Waals surface area contributed by atoms with Crippen LogP contribution in [-0.4, -0.2) is 39.3 Å². The van der Waals surface area contributed by atoms with Crippen LogP contribution in [0.3, 0.4) is 0 Å². The lowest BCUT2D eigenvalue weighted by molar-refractivity contribution is 0.0622. The second-order valence-electron chi connectivity index (χ2n) is 1.91. The van der Waals surface area contributed by atoms with Crippen molar-refractivity contribution in [2.75, 3.05) is 13.2 Å². The zero-order valence-electron chi connectivity index (χ0n) is 5.75. The Morgan fingerprint density at radius 2 is 1.91 bits per heavy atom. The Morgan fingerprint density at radius 3 is 2.18 bits per heavy atom. The van der Waals surface area contributed by atoms with E-state index < -0.39 is 20.5 Å². The maximum Gasteiger partial charge on any atom is 0.469 e. The predicted octanol–water partition coefficient (Wildman–Crippen LogP) is -1.16. The summed E-state index contributed by atoms with van der Waals surface area (Å²) in [5.41, 5.74) is 0. The molecule has 1 atom stereocenters. The van der Waals surface area contributed by atoms with Gasteiger partial charge in [0.05, 0.1) is 12.7 Å². The van der Waals surface area contributed by atoms with Crippen molar-refractivity contribution in [1.29, 1.82) is 0 Å². The Bertz CT molecular complexity index is 142. The van der Waals surface area contributed by atoms with Crippen LogP contribution in [0.4, 0.5) is 0 Å². The van der Waals surface area contributed by atoms with Gasteiger partial charge in [0.25, 0.3) is 0 Å². The average molecular weight is 186 g/mol. The van der Waals surface area contributed by atoms with E-state index in [1.54, 1.807) is 0 Å². The molecule has 0 spiro atoms. The molecule has 0 aromatic rings. The van der Waals surface area contributed by atoms with Crippen LogP contribution in [0.1, 0.15) is 6.42 Å². The Kier molecular flexibility index (Phi) is 4.83. The molecule has 0 saturated heterocycles. The van der Waals surface area contributed by atoms with Crippen LogP contribution >= 0.6 is 7.82 Å². The quantitative estimate of drug-likeness (QED) is 0.403. The van der Waals surface area contributed by atoms with Gasteiger partial charge in [0.2, 0.25) is 0 Å². The summed E-state index contributed by atoms with van der Waals surface area (Å²) in [4.78, 5) is 16.5. The highest BCUT2D eigenvalue weighted by molar-refractivity contribution is 7.46. The van der Waals surface area contributed by atoms with Gasteiger partial charge in [0, 0.05) is 6.61 Å². The molecular formula is C4H11O6P. The van der Waals surface area contributed by atoms with Gasteiger partial charge in [0.15, 0.2) is 0 Å². The maximum absolute atomic E-state index is 10.2. The molecule has 68 valence electrons. The fraction of sp³-hybridized carbons (Fsp3) is 1.00. The first-order valence-corrected chi connectivity index (χ1v) is 4.48. The highest BCUT2D eigenvalue weighted by Crippen LogP contribution is 2.37. The van der Waals surface area contributed by atoms with Crippen molar-refractivity contribution in [3.63, 3.8) is 0 Å². The fourth-order valence-corrected chi connectivity index (χ4v) is 1.08. The van der Waals surface area contributed by atoms with Crippen LogP contribution in [0.15, 0.2) is 0 Å². The zero-order chi connectivity index (χ0) is 8.91. The maximum atomic E-state index is 10.2. The van der Waals surface area contributed by atoms with Gasteiger partial charge in [-0.05, 0) is 6.42 Å². The molecule has 0 aliphatic carbocycles. The minimum atomic E-state index is -4.54. The number of phosphoric ester groups is 1. The van der Waals surface area contributed by atoms with Crippen molar-refractivity contribution >= 4 is 7.82 Å². The third-order valence-corrected chi connectivity index (χ3v) is 1.51. The van der Waals surface area contributed by atoms with Crippen molar-refractivity contribution in [2.24, 2.45) is 0 Å². The van der Waals surface area contributed by atoms with E-state index in [2.05, 4.69) is 4.52 Å². The van der Waals surface area contributed by atoms with Crippen molar-refractivity contribution in [2.45, 2.75) is 12.5 Å². The van der Waals surface area contributed by atoms with E-state index in [4.69, 9.17) is 20.0 Å². The monoisotopic (exact) mass is 186 g/mol. The van der Waals surface area contributed by atoms with Crippen LogP contribution in [0.2, 0.25) is 0 Å². The van der Waals surface area contributed by atoms with Gasteiger partial charge in [-0.25, -0.2) is 4.57 Å². The average Bonchev–Trinajstić information content (AvgIpc) is 1.84. The van der Waals surface area contributed by atoms with Gasteiger partial charge in [-0.3, -0.25) is 4.52 Å². The second-order valence-corrected chi connectivity index (χ2v) is 3.10. The van der Waals surface area contributed by atoms with Gasteiger partial charge in [0.1, 0.15) is 0 Å². The van der Waals surface area contributed by atoms with Crippen LogP contribution in [0.25, 0.3) is 0 Å². The lowest BCUT2D eigenvalue weighted by atomic mass is 10.3. The van der Waals surface area contributed by atoms with Crippen molar-refractivity contribution in [3.05, 3.63) is 0 Å². The number of hydrogen-bond donors (Lipinski definition) is 4. The molecule has 0 fully saturated rings. The molecule has 0 rings (SSSR count). The standard InChI is InChI=1S/C4H11O6P/c5-2-1-4(3-6)10-11(7,8)9/h4-6H,1-3H2,(H2,7,8,9). The molecule has 0 saturated carbocycles. The normalized spacial score (nSPS) is 14.9. The van der Waals surface area contributed by atoms with Gasteiger partial charge in [-0.2, -0.15) is 0 Å². The minimum Gasteiger partial charge on any atom is -0.396 e.